The number of nitrogens with zero attached hydrogens (tertiary/aromatic N) is 3. The molecule has 2 aromatic carbocycles. The molecular formula is C16H9Cl2N3OS. The number of aromatic nitrogens is 3. The van der Waals surface area contributed by atoms with E-state index in [-0.39, 0.29) is 5.56 Å². The van der Waals surface area contributed by atoms with Crippen LogP contribution in [0.5, 0.6) is 0 Å². The number of fused-ring (bicyclic) bond motifs is 2. The normalized spacial score (nSPS) is 11.4. The summed E-state index contributed by atoms with van der Waals surface area (Å²) >= 11 is 13.4. The van der Waals surface area contributed by atoms with Gasteiger partial charge in [-0.2, -0.15) is 9.61 Å². The van der Waals surface area contributed by atoms with Gasteiger partial charge in [0.2, 0.25) is 4.96 Å². The summed E-state index contributed by atoms with van der Waals surface area (Å²) in [5.74, 6) is 0. The van der Waals surface area contributed by atoms with Crippen molar-refractivity contribution in [3.8, 4) is 0 Å². The quantitative estimate of drug-likeness (QED) is 0.537. The zero-order valence-electron chi connectivity index (χ0n) is 11.7. The molecule has 0 atom stereocenters. The molecule has 2 heterocycles. The Morgan fingerprint density at radius 1 is 1.09 bits per heavy atom. The largest absolute Gasteiger partial charge is 0.283 e. The lowest BCUT2D eigenvalue weighted by atomic mass is 10.2. The Hall–Kier alpha value is -1.95. The maximum absolute atomic E-state index is 12.5. The van der Waals surface area contributed by atoms with Crippen molar-refractivity contribution >= 4 is 50.4 Å². The molecule has 7 heteroatoms. The Labute approximate surface area is 144 Å². The molecule has 4 aromatic rings. The van der Waals surface area contributed by atoms with Gasteiger partial charge in [-0.05, 0) is 29.8 Å². The second-order valence-corrected chi connectivity index (χ2v) is 6.90. The van der Waals surface area contributed by atoms with Crippen LogP contribution < -0.4 is 5.56 Å². The summed E-state index contributed by atoms with van der Waals surface area (Å²) in [7, 11) is 0. The molecule has 2 aromatic heterocycles. The summed E-state index contributed by atoms with van der Waals surface area (Å²) in [6, 6.07) is 12.7. The van der Waals surface area contributed by atoms with Crippen LogP contribution in [0.15, 0.2) is 47.3 Å². The van der Waals surface area contributed by atoms with Crippen LogP contribution in [0.2, 0.25) is 10.0 Å². The fourth-order valence-electron chi connectivity index (χ4n) is 2.39. The highest BCUT2D eigenvalue weighted by Gasteiger charge is 2.11. The van der Waals surface area contributed by atoms with Crippen LogP contribution in [0.25, 0.3) is 15.9 Å². The molecule has 0 N–H and O–H groups in total. The number of rotatable bonds is 2. The third kappa shape index (κ3) is 2.61. The standard InChI is InChI=1S/C16H9Cl2N3OS/c17-11-6-5-9(7-12(11)18)8-14-20-21-15(22)10-3-1-2-4-13(10)19-16(21)23-14/h1-7H,8H2. The number of para-hydroxylation sites is 1. The van der Waals surface area contributed by atoms with Crippen molar-refractivity contribution in [1.29, 1.82) is 0 Å². The minimum atomic E-state index is -0.151. The van der Waals surface area contributed by atoms with Crippen molar-refractivity contribution in [2.24, 2.45) is 0 Å². The van der Waals surface area contributed by atoms with Gasteiger partial charge in [0, 0.05) is 6.42 Å². The van der Waals surface area contributed by atoms with Gasteiger partial charge in [0.25, 0.3) is 5.56 Å². The summed E-state index contributed by atoms with van der Waals surface area (Å²) < 4.78 is 1.36. The Balaban J connectivity index is 1.82. The summed E-state index contributed by atoms with van der Waals surface area (Å²) in [6.45, 7) is 0. The Kier molecular flexibility index (Phi) is 3.56. The van der Waals surface area contributed by atoms with Crippen LogP contribution in [0.4, 0.5) is 0 Å². The molecule has 0 saturated carbocycles. The third-order valence-electron chi connectivity index (χ3n) is 3.48. The van der Waals surface area contributed by atoms with Crippen LogP contribution >= 0.6 is 34.5 Å². The molecule has 114 valence electrons. The molecule has 23 heavy (non-hydrogen) atoms. The maximum atomic E-state index is 12.5. The fourth-order valence-corrected chi connectivity index (χ4v) is 3.64. The molecule has 4 nitrogen and oxygen atoms in total. The second kappa shape index (κ2) is 5.60. The molecule has 0 radical (unpaired) electrons. The monoisotopic (exact) mass is 361 g/mol. The van der Waals surface area contributed by atoms with E-state index in [1.807, 2.05) is 30.3 Å². The molecule has 0 bridgehead atoms. The predicted octanol–water partition coefficient (Wildman–Crippen LogP) is 4.20. The van der Waals surface area contributed by atoms with Crippen molar-refractivity contribution in [3.63, 3.8) is 0 Å². The first kappa shape index (κ1) is 14.6. The Morgan fingerprint density at radius 2 is 1.91 bits per heavy atom. The molecule has 0 aliphatic carbocycles. The molecule has 0 spiro atoms. The lowest BCUT2D eigenvalue weighted by molar-refractivity contribution is 0.878. The first-order chi connectivity index (χ1) is 11.1. The van der Waals surface area contributed by atoms with Gasteiger partial charge in [0.15, 0.2) is 0 Å². The van der Waals surface area contributed by atoms with Gasteiger partial charge in [-0.3, -0.25) is 4.79 Å². The van der Waals surface area contributed by atoms with Crippen molar-refractivity contribution in [3.05, 3.63) is 73.4 Å². The van der Waals surface area contributed by atoms with Crippen molar-refractivity contribution in [2.75, 3.05) is 0 Å². The van der Waals surface area contributed by atoms with Crippen LogP contribution in [0, 0.1) is 0 Å². The zero-order chi connectivity index (χ0) is 16.0. The summed E-state index contributed by atoms with van der Waals surface area (Å²) in [6.07, 6.45) is 0.570. The van der Waals surface area contributed by atoms with Crippen LogP contribution in [0.3, 0.4) is 0 Å². The summed E-state index contributed by atoms with van der Waals surface area (Å²) in [5, 5.41) is 6.78. The lowest BCUT2D eigenvalue weighted by Crippen LogP contribution is -2.15. The lowest BCUT2D eigenvalue weighted by Gasteiger charge is -2.00. The predicted molar refractivity (Wildman–Crippen MR) is 93.9 cm³/mol. The Morgan fingerprint density at radius 3 is 2.74 bits per heavy atom. The van der Waals surface area contributed by atoms with E-state index in [1.165, 1.54) is 15.9 Å². The number of hydrogen-bond donors (Lipinski definition) is 0. The fraction of sp³-hybridized carbons (Fsp3) is 0.0625. The highest BCUT2D eigenvalue weighted by molar-refractivity contribution is 7.16. The Bertz CT molecular complexity index is 1100. The van der Waals surface area contributed by atoms with E-state index in [2.05, 4.69) is 10.1 Å². The SMILES string of the molecule is O=c1c2ccccc2nc2sc(Cc3ccc(Cl)c(Cl)c3)nn12. The minimum absolute atomic E-state index is 0.151. The molecule has 0 saturated heterocycles. The molecule has 0 fully saturated rings. The number of hydrogen-bond acceptors (Lipinski definition) is 4. The molecule has 0 unspecified atom stereocenters. The van der Waals surface area contributed by atoms with Gasteiger partial charge in [-0.15, -0.1) is 0 Å². The van der Waals surface area contributed by atoms with E-state index in [0.717, 1.165) is 10.6 Å². The van der Waals surface area contributed by atoms with Crippen LogP contribution in [-0.4, -0.2) is 14.6 Å². The van der Waals surface area contributed by atoms with E-state index in [1.54, 1.807) is 12.1 Å². The average molecular weight is 362 g/mol. The van der Waals surface area contributed by atoms with Gasteiger partial charge in [-0.1, -0.05) is 52.7 Å². The van der Waals surface area contributed by atoms with E-state index in [4.69, 9.17) is 23.2 Å². The van der Waals surface area contributed by atoms with Gasteiger partial charge in [0.1, 0.15) is 5.01 Å². The highest BCUT2D eigenvalue weighted by atomic mass is 35.5. The topological polar surface area (TPSA) is 47.3 Å². The number of halogens is 2. The first-order valence-electron chi connectivity index (χ1n) is 6.83. The van der Waals surface area contributed by atoms with E-state index in [0.29, 0.717) is 32.3 Å². The van der Waals surface area contributed by atoms with Gasteiger partial charge in [0.05, 0.1) is 20.9 Å². The van der Waals surface area contributed by atoms with Crippen LogP contribution in [-0.2, 0) is 6.42 Å². The van der Waals surface area contributed by atoms with Crippen molar-refractivity contribution in [2.45, 2.75) is 6.42 Å². The van der Waals surface area contributed by atoms with Gasteiger partial charge >= 0.3 is 0 Å². The summed E-state index contributed by atoms with van der Waals surface area (Å²) in [4.78, 5) is 17.6. The average Bonchev–Trinajstić information content (AvgIpc) is 2.94. The van der Waals surface area contributed by atoms with Crippen molar-refractivity contribution in [1.82, 2.24) is 14.6 Å². The van der Waals surface area contributed by atoms with E-state index in [9.17, 15) is 4.79 Å². The molecule has 0 amide bonds. The third-order valence-corrected chi connectivity index (χ3v) is 5.13. The molecular weight excluding hydrogens is 353 g/mol. The molecule has 4 rings (SSSR count). The molecule has 0 aliphatic heterocycles. The first-order valence-corrected chi connectivity index (χ1v) is 8.40. The van der Waals surface area contributed by atoms with Crippen molar-refractivity contribution < 1.29 is 0 Å². The highest BCUT2D eigenvalue weighted by Crippen LogP contribution is 2.25. The van der Waals surface area contributed by atoms with Gasteiger partial charge < -0.3 is 0 Å². The van der Waals surface area contributed by atoms with E-state index < -0.39 is 0 Å². The smallest absolute Gasteiger partial charge is 0.267 e. The molecule has 0 aliphatic rings. The second-order valence-electron chi connectivity index (χ2n) is 5.05. The number of benzene rings is 2. The minimum Gasteiger partial charge on any atom is -0.267 e. The van der Waals surface area contributed by atoms with Crippen LogP contribution in [0.1, 0.15) is 10.6 Å². The van der Waals surface area contributed by atoms with Gasteiger partial charge in [-0.25, -0.2) is 4.98 Å². The van der Waals surface area contributed by atoms with E-state index >= 15 is 0 Å². The zero-order valence-corrected chi connectivity index (χ0v) is 14.0. The summed E-state index contributed by atoms with van der Waals surface area (Å²) in [5.41, 5.74) is 1.51. The maximum Gasteiger partial charge on any atom is 0.283 e.